The maximum absolute atomic E-state index is 12.3. The standard InChI is InChI=1S/C21H23F3N2O3/c1-13-7-6-8-19(16(4)25-27-5)20(13)12-28-26-15(3)18-10-9-17(11-14(18)2)29-21(22,23)24/h6-11H,12H2,1-5H3/b25-16-,26-15+. The lowest BCUT2D eigenvalue weighted by atomic mass is 10.00. The summed E-state index contributed by atoms with van der Waals surface area (Å²) in [7, 11) is 1.48. The maximum atomic E-state index is 12.3. The van der Waals surface area contributed by atoms with Crippen LogP contribution in [0.4, 0.5) is 13.2 Å². The van der Waals surface area contributed by atoms with Gasteiger partial charge in [0, 0.05) is 16.7 Å². The van der Waals surface area contributed by atoms with E-state index in [1.54, 1.807) is 13.8 Å². The van der Waals surface area contributed by atoms with Gasteiger partial charge in [0.2, 0.25) is 0 Å². The largest absolute Gasteiger partial charge is 0.573 e. The van der Waals surface area contributed by atoms with Gasteiger partial charge >= 0.3 is 6.36 Å². The van der Waals surface area contributed by atoms with Gasteiger partial charge in [0.25, 0.3) is 0 Å². The second-order valence-corrected chi connectivity index (χ2v) is 6.43. The molecule has 0 saturated heterocycles. The van der Waals surface area contributed by atoms with Gasteiger partial charge in [0.15, 0.2) is 0 Å². The summed E-state index contributed by atoms with van der Waals surface area (Å²) in [4.78, 5) is 10.4. The summed E-state index contributed by atoms with van der Waals surface area (Å²) < 4.78 is 41.0. The van der Waals surface area contributed by atoms with Crippen LogP contribution in [0.5, 0.6) is 5.75 Å². The first kappa shape index (κ1) is 22.3. The Hall–Kier alpha value is -3.03. The Kier molecular flexibility index (Phi) is 7.25. The lowest BCUT2D eigenvalue weighted by Crippen LogP contribution is -2.17. The fraction of sp³-hybridized carbons (Fsp3) is 0.333. The van der Waals surface area contributed by atoms with Crippen molar-refractivity contribution >= 4 is 11.4 Å². The predicted octanol–water partition coefficient (Wildman–Crippen LogP) is 5.51. The van der Waals surface area contributed by atoms with Crippen molar-refractivity contribution in [3.63, 3.8) is 0 Å². The quantitative estimate of drug-likeness (QED) is 0.448. The summed E-state index contributed by atoms with van der Waals surface area (Å²) in [6.45, 7) is 7.42. The number of halogens is 3. The second kappa shape index (κ2) is 9.45. The molecule has 0 aliphatic carbocycles. The zero-order valence-corrected chi connectivity index (χ0v) is 16.9. The van der Waals surface area contributed by atoms with E-state index in [0.717, 1.165) is 16.7 Å². The van der Waals surface area contributed by atoms with Crippen LogP contribution in [0.2, 0.25) is 0 Å². The highest BCUT2D eigenvalue weighted by Gasteiger charge is 2.31. The summed E-state index contributed by atoms with van der Waals surface area (Å²) in [5.74, 6) is -0.273. The van der Waals surface area contributed by atoms with Crippen LogP contribution in [0, 0.1) is 13.8 Å². The highest BCUT2D eigenvalue weighted by atomic mass is 19.4. The van der Waals surface area contributed by atoms with E-state index in [9.17, 15) is 13.2 Å². The summed E-state index contributed by atoms with van der Waals surface area (Å²) in [5.41, 5.74) is 5.35. The molecule has 0 aliphatic rings. The maximum Gasteiger partial charge on any atom is 0.573 e. The molecule has 2 rings (SSSR count). The van der Waals surface area contributed by atoms with E-state index >= 15 is 0 Å². The number of oxime groups is 2. The Morgan fingerprint density at radius 1 is 0.931 bits per heavy atom. The van der Waals surface area contributed by atoms with Gasteiger partial charge in [-0.25, -0.2) is 0 Å². The number of benzene rings is 2. The fourth-order valence-corrected chi connectivity index (χ4v) is 2.90. The van der Waals surface area contributed by atoms with Crippen molar-refractivity contribution in [3.8, 4) is 5.75 Å². The zero-order valence-electron chi connectivity index (χ0n) is 16.9. The van der Waals surface area contributed by atoms with Gasteiger partial charge in [-0.05, 0) is 57.0 Å². The molecule has 0 fully saturated rings. The Morgan fingerprint density at radius 3 is 2.24 bits per heavy atom. The number of hydrogen-bond donors (Lipinski definition) is 0. The van der Waals surface area contributed by atoms with Gasteiger partial charge in [-0.3, -0.25) is 0 Å². The SMILES string of the molecule is CO/N=C(/C)c1cccc(C)c1CO/N=C(\C)c1ccc(OC(F)(F)F)cc1C. The van der Waals surface area contributed by atoms with Gasteiger partial charge in [0.1, 0.15) is 19.5 Å². The third kappa shape index (κ3) is 6.23. The lowest BCUT2D eigenvalue weighted by Gasteiger charge is -2.13. The smallest absolute Gasteiger partial charge is 0.406 e. The van der Waals surface area contributed by atoms with E-state index in [-0.39, 0.29) is 12.4 Å². The molecule has 5 nitrogen and oxygen atoms in total. The van der Waals surface area contributed by atoms with Gasteiger partial charge in [-0.2, -0.15) is 0 Å². The number of rotatable bonds is 7. The first-order valence-corrected chi connectivity index (χ1v) is 8.82. The van der Waals surface area contributed by atoms with E-state index in [1.807, 2.05) is 32.0 Å². The number of hydrogen-bond acceptors (Lipinski definition) is 5. The molecule has 0 aromatic heterocycles. The Morgan fingerprint density at radius 2 is 1.62 bits per heavy atom. The molecule has 0 unspecified atom stereocenters. The Balaban J connectivity index is 2.17. The third-order valence-electron chi connectivity index (χ3n) is 4.26. The lowest BCUT2D eigenvalue weighted by molar-refractivity contribution is -0.274. The van der Waals surface area contributed by atoms with Gasteiger partial charge in [-0.15, -0.1) is 13.2 Å². The highest BCUT2D eigenvalue weighted by molar-refractivity contribution is 6.00. The molecule has 2 aromatic rings. The molecule has 0 bridgehead atoms. The van der Waals surface area contributed by atoms with Crippen LogP contribution < -0.4 is 4.74 Å². The molecule has 0 saturated carbocycles. The van der Waals surface area contributed by atoms with Crippen molar-refractivity contribution in [2.24, 2.45) is 10.3 Å². The van der Waals surface area contributed by atoms with E-state index in [1.165, 1.54) is 25.3 Å². The van der Waals surface area contributed by atoms with Gasteiger partial charge in [0.05, 0.1) is 11.4 Å². The molecule has 0 aliphatic heterocycles. The minimum absolute atomic E-state index is 0.213. The number of aryl methyl sites for hydroxylation is 2. The van der Waals surface area contributed by atoms with Crippen LogP contribution in [0.15, 0.2) is 46.7 Å². The van der Waals surface area contributed by atoms with Crippen LogP contribution in [0.3, 0.4) is 0 Å². The fourth-order valence-electron chi connectivity index (χ4n) is 2.90. The van der Waals surface area contributed by atoms with Crippen molar-refractivity contribution in [2.75, 3.05) is 7.11 Å². The number of ether oxygens (including phenoxy) is 1. The molecule has 0 radical (unpaired) electrons. The second-order valence-electron chi connectivity index (χ2n) is 6.43. The minimum atomic E-state index is -4.73. The molecular formula is C21H23F3N2O3. The van der Waals surface area contributed by atoms with Crippen LogP contribution >= 0.6 is 0 Å². The summed E-state index contributed by atoms with van der Waals surface area (Å²) in [5, 5.41) is 8.09. The van der Waals surface area contributed by atoms with Crippen molar-refractivity contribution in [1.29, 1.82) is 0 Å². The average molecular weight is 408 g/mol. The zero-order chi connectivity index (χ0) is 21.6. The molecule has 8 heteroatoms. The molecule has 156 valence electrons. The molecule has 0 amide bonds. The normalized spacial score (nSPS) is 12.7. The number of nitrogens with zero attached hydrogens (tertiary/aromatic N) is 2. The molecular weight excluding hydrogens is 385 g/mol. The topological polar surface area (TPSA) is 52.4 Å². The van der Waals surface area contributed by atoms with E-state index < -0.39 is 6.36 Å². The van der Waals surface area contributed by atoms with Crippen LogP contribution in [-0.2, 0) is 16.3 Å². The number of alkyl halides is 3. The van der Waals surface area contributed by atoms with Crippen molar-refractivity contribution in [1.82, 2.24) is 0 Å². The first-order chi connectivity index (χ1) is 13.6. The van der Waals surface area contributed by atoms with Crippen LogP contribution in [0.1, 0.15) is 41.7 Å². The molecule has 0 N–H and O–H groups in total. The summed E-state index contributed by atoms with van der Waals surface area (Å²) in [6.07, 6.45) is -4.73. The average Bonchev–Trinajstić information content (AvgIpc) is 2.61. The molecule has 0 heterocycles. The Labute approximate surface area is 167 Å². The molecule has 2 aromatic carbocycles. The first-order valence-electron chi connectivity index (χ1n) is 8.82. The van der Waals surface area contributed by atoms with Gasteiger partial charge in [-0.1, -0.05) is 28.5 Å². The van der Waals surface area contributed by atoms with Crippen LogP contribution in [0.25, 0.3) is 0 Å². The van der Waals surface area contributed by atoms with Crippen molar-refractivity contribution < 1.29 is 27.6 Å². The predicted molar refractivity (Wildman–Crippen MR) is 105 cm³/mol. The van der Waals surface area contributed by atoms with Crippen molar-refractivity contribution in [2.45, 2.75) is 40.7 Å². The van der Waals surface area contributed by atoms with Crippen molar-refractivity contribution in [3.05, 3.63) is 64.2 Å². The molecule has 0 atom stereocenters. The Bertz CT molecular complexity index is 922. The monoisotopic (exact) mass is 408 g/mol. The van der Waals surface area contributed by atoms with Gasteiger partial charge < -0.3 is 14.4 Å². The molecule has 29 heavy (non-hydrogen) atoms. The molecule has 0 spiro atoms. The van der Waals surface area contributed by atoms with E-state index in [0.29, 0.717) is 22.6 Å². The summed E-state index contributed by atoms with van der Waals surface area (Å²) in [6, 6.07) is 9.88. The third-order valence-corrected chi connectivity index (χ3v) is 4.26. The minimum Gasteiger partial charge on any atom is -0.406 e. The van der Waals surface area contributed by atoms with E-state index in [2.05, 4.69) is 15.0 Å². The summed E-state index contributed by atoms with van der Waals surface area (Å²) >= 11 is 0. The van der Waals surface area contributed by atoms with E-state index in [4.69, 9.17) is 9.68 Å². The van der Waals surface area contributed by atoms with Crippen LogP contribution in [-0.4, -0.2) is 24.9 Å². The highest BCUT2D eigenvalue weighted by Crippen LogP contribution is 2.25.